The largest absolute Gasteiger partial charge is 0.455 e. The molecule has 1 aliphatic rings. The van der Waals surface area contributed by atoms with Gasteiger partial charge in [0.25, 0.3) is 5.91 Å². The van der Waals surface area contributed by atoms with Crippen LogP contribution in [-0.2, 0) is 29.1 Å². The van der Waals surface area contributed by atoms with Gasteiger partial charge in [-0.05, 0) is 42.5 Å². The normalized spacial score (nSPS) is 19.5. The molecule has 1 aliphatic heterocycles. The van der Waals surface area contributed by atoms with Crippen molar-refractivity contribution in [1.82, 2.24) is 9.62 Å². The number of carbonyl (C=O) groups excluding carboxylic acids is 3. The van der Waals surface area contributed by atoms with Crippen LogP contribution in [0.3, 0.4) is 0 Å². The summed E-state index contributed by atoms with van der Waals surface area (Å²) in [6.07, 6.45) is 1.05. The Labute approximate surface area is 170 Å². The summed E-state index contributed by atoms with van der Waals surface area (Å²) < 4.78 is 31.5. The maximum absolute atomic E-state index is 12.2. The number of nitrogens with zero attached hydrogens (tertiary/aromatic N) is 1. The molecule has 0 aromatic heterocycles. The molecule has 10 heteroatoms. The molecule has 2 N–H and O–H groups in total. The van der Waals surface area contributed by atoms with E-state index in [1.165, 1.54) is 31.2 Å². The third-order valence-corrected chi connectivity index (χ3v) is 5.89. The highest BCUT2D eigenvalue weighted by molar-refractivity contribution is 7.89. The smallest absolute Gasteiger partial charge is 0.321 e. The number of hydrogen-bond acceptors (Lipinski definition) is 6. The zero-order valence-corrected chi connectivity index (χ0v) is 17.6. The van der Waals surface area contributed by atoms with Gasteiger partial charge in [-0.2, -0.15) is 4.72 Å². The summed E-state index contributed by atoms with van der Waals surface area (Å²) in [5.41, 5.74) is 0.454. The number of amides is 2. The predicted molar refractivity (Wildman–Crippen MR) is 106 cm³/mol. The third kappa shape index (κ3) is 7.13. The first kappa shape index (κ1) is 22.8. The van der Waals surface area contributed by atoms with Crippen LogP contribution in [0.2, 0.25) is 0 Å². The molecule has 0 radical (unpaired) electrons. The minimum absolute atomic E-state index is 0.0632. The van der Waals surface area contributed by atoms with E-state index in [-0.39, 0.29) is 16.7 Å². The number of esters is 1. The molecule has 1 aromatic rings. The fourth-order valence-electron chi connectivity index (χ4n) is 3.31. The van der Waals surface area contributed by atoms with Crippen LogP contribution in [0.25, 0.3) is 0 Å². The molecule has 0 saturated carbocycles. The molecule has 1 aromatic carbocycles. The molecule has 0 aliphatic carbocycles. The second-order valence-electron chi connectivity index (χ2n) is 7.44. The van der Waals surface area contributed by atoms with Gasteiger partial charge in [0.05, 0.1) is 4.90 Å². The molecule has 160 valence electrons. The van der Waals surface area contributed by atoms with Crippen molar-refractivity contribution in [2.24, 2.45) is 11.8 Å². The summed E-state index contributed by atoms with van der Waals surface area (Å²) in [6.45, 7) is 5.73. The minimum Gasteiger partial charge on any atom is -0.455 e. The maximum Gasteiger partial charge on any atom is 0.321 e. The maximum atomic E-state index is 12.2. The number of benzene rings is 1. The summed E-state index contributed by atoms with van der Waals surface area (Å²) in [5.74, 6) is -0.614. The second kappa shape index (κ2) is 9.84. The number of nitrogens with one attached hydrogen (secondary N) is 2. The van der Waals surface area contributed by atoms with Gasteiger partial charge in [0.1, 0.15) is 6.54 Å². The molecule has 0 unspecified atom stereocenters. The van der Waals surface area contributed by atoms with E-state index in [4.69, 9.17) is 4.74 Å². The van der Waals surface area contributed by atoms with Gasteiger partial charge in [0.15, 0.2) is 6.61 Å². The van der Waals surface area contributed by atoms with E-state index in [1.54, 1.807) is 4.90 Å². The lowest BCUT2D eigenvalue weighted by Gasteiger charge is -2.34. The summed E-state index contributed by atoms with van der Waals surface area (Å²) in [5, 5.41) is 2.53. The monoisotopic (exact) mass is 425 g/mol. The number of ether oxygens (including phenoxy) is 1. The average molecular weight is 426 g/mol. The molecule has 29 heavy (non-hydrogen) atoms. The summed E-state index contributed by atoms with van der Waals surface area (Å²) in [6, 6.07) is 5.49. The molecule has 1 saturated heterocycles. The van der Waals surface area contributed by atoms with Gasteiger partial charge in [-0.1, -0.05) is 13.8 Å². The number of carbonyl (C=O) groups is 3. The Morgan fingerprint density at radius 3 is 2.24 bits per heavy atom. The zero-order chi connectivity index (χ0) is 21.6. The van der Waals surface area contributed by atoms with Crippen molar-refractivity contribution in [3.8, 4) is 0 Å². The Bertz CT molecular complexity index is 843. The van der Waals surface area contributed by atoms with E-state index in [0.717, 1.165) is 6.42 Å². The summed E-state index contributed by atoms with van der Waals surface area (Å²) in [7, 11) is -3.93. The highest BCUT2D eigenvalue weighted by Crippen LogP contribution is 2.20. The molecule has 0 spiro atoms. The fourth-order valence-corrected chi connectivity index (χ4v) is 4.28. The van der Waals surface area contributed by atoms with Crippen LogP contribution in [0, 0.1) is 11.8 Å². The van der Waals surface area contributed by atoms with Crippen LogP contribution in [0.15, 0.2) is 29.2 Å². The number of anilines is 1. The van der Waals surface area contributed by atoms with E-state index in [1.807, 2.05) is 0 Å². The topological polar surface area (TPSA) is 122 Å². The van der Waals surface area contributed by atoms with Crippen LogP contribution >= 0.6 is 0 Å². The Morgan fingerprint density at radius 2 is 1.69 bits per heavy atom. The van der Waals surface area contributed by atoms with Crippen molar-refractivity contribution in [3.63, 3.8) is 0 Å². The molecule has 1 heterocycles. The van der Waals surface area contributed by atoms with Crippen molar-refractivity contribution in [3.05, 3.63) is 24.3 Å². The van der Waals surface area contributed by atoms with Crippen molar-refractivity contribution >= 4 is 33.5 Å². The molecular formula is C19H27N3O6S. The van der Waals surface area contributed by atoms with Crippen LogP contribution in [-0.4, -0.2) is 57.3 Å². The number of piperidine rings is 1. The van der Waals surface area contributed by atoms with Crippen molar-refractivity contribution in [2.45, 2.75) is 32.1 Å². The quantitative estimate of drug-likeness (QED) is 0.628. The molecule has 2 atom stereocenters. The van der Waals surface area contributed by atoms with E-state index in [9.17, 15) is 22.8 Å². The molecule has 0 bridgehead atoms. The lowest BCUT2D eigenvalue weighted by atomic mass is 9.92. The Morgan fingerprint density at radius 1 is 1.10 bits per heavy atom. The fraction of sp³-hybridized carbons (Fsp3) is 0.526. The first-order valence-corrected chi connectivity index (χ1v) is 10.9. The van der Waals surface area contributed by atoms with Gasteiger partial charge in [0.2, 0.25) is 15.9 Å². The Hall–Kier alpha value is -2.46. The van der Waals surface area contributed by atoms with E-state index >= 15 is 0 Å². The lowest BCUT2D eigenvalue weighted by Crippen LogP contribution is -2.44. The summed E-state index contributed by atoms with van der Waals surface area (Å²) in [4.78, 5) is 36.7. The van der Waals surface area contributed by atoms with E-state index in [2.05, 4.69) is 23.9 Å². The Kier molecular flexibility index (Phi) is 7.74. The lowest BCUT2D eigenvalue weighted by molar-refractivity contribution is -0.152. The third-order valence-electron chi connectivity index (χ3n) is 4.47. The van der Waals surface area contributed by atoms with Crippen LogP contribution in [0.1, 0.15) is 27.2 Å². The molecule has 2 rings (SSSR count). The molecular weight excluding hydrogens is 398 g/mol. The standard InChI is InChI=1S/C19H27N3O6S/c1-13-8-14(2)11-22(10-13)18(24)12-28-19(25)9-20-29(26,27)17-6-4-16(5-7-17)21-15(3)23/h4-7,13-14,20H,8-12H2,1-3H3,(H,21,23)/t13-,14-/m1/s1. The highest BCUT2D eigenvalue weighted by atomic mass is 32.2. The number of sulfonamides is 1. The predicted octanol–water partition coefficient (Wildman–Crippen LogP) is 0.971. The van der Waals surface area contributed by atoms with Crippen LogP contribution in [0.5, 0.6) is 0 Å². The average Bonchev–Trinajstić information content (AvgIpc) is 2.63. The SMILES string of the molecule is CC(=O)Nc1ccc(S(=O)(=O)NCC(=O)OCC(=O)N2C[C@H](C)C[C@@H](C)C2)cc1. The Balaban J connectivity index is 1.81. The molecule has 9 nitrogen and oxygen atoms in total. The van der Waals surface area contributed by atoms with Gasteiger partial charge >= 0.3 is 5.97 Å². The van der Waals surface area contributed by atoms with E-state index < -0.39 is 29.1 Å². The number of hydrogen-bond donors (Lipinski definition) is 2. The number of likely N-dealkylation sites (tertiary alicyclic amines) is 1. The first-order valence-electron chi connectivity index (χ1n) is 9.37. The van der Waals surface area contributed by atoms with Crippen LogP contribution < -0.4 is 10.0 Å². The van der Waals surface area contributed by atoms with Gasteiger partial charge in [-0.3, -0.25) is 14.4 Å². The van der Waals surface area contributed by atoms with Gasteiger partial charge < -0.3 is 15.0 Å². The van der Waals surface area contributed by atoms with Gasteiger partial charge in [0, 0.05) is 25.7 Å². The van der Waals surface area contributed by atoms with E-state index in [0.29, 0.717) is 30.6 Å². The second-order valence-corrected chi connectivity index (χ2v) is 9.20. The van der Waals surface area contributed by atoms with Gasteiger partial charge in [-0.25, -0.2) is 8.42 Å². The van der Waals surface area contributed by atoms with Crippen molar-refractivity contribution in [1.29, 1.82) is 0 Å². The molecule has 2 amide bonds. The first-order chi connectivity index (χ1) is 13.6. The molecule has 1 fully saturated rings. The van der Waals surface area contributed by atoms with Crippen LogP contribution in [0.4, 0.5) is 5.69 Å². The van der Waals surface area contributed by atoms with Crippen molar-refractivity contribution < 1.29 is 27.5 Å². The zero-order valence-electron chi connectivity index (χ0n) is 16.8. The van der Waals surface area contributed by atoms with Gasteiger partial charge in [-0.15, -0.1) is 0 Å². The number of rotatable bonds is 7. The van der Waals surface area contributed by atoms with Crippen molar-refractivity contribution in [2.75, 3.05) is 31.6 Å². The summed E-state index contributed by atoms with van der Waals surface area (Å²) >= 11 is 0. The highest BCUT2D eigenvalue weighted by Gasteiger charge is 2.26. The minimum atomic E-state index is -3.93.